The van der Waals surface area contributed by atoms with Crippen LogP contribution >= 0.6 is 38.9 Å². The quantitative estimate of drug-likeness (QED) is 0.787. The summed E-state index contributed by atoms with van der Waals surface area (Å²) in [6.45, 7) is 1.59. The lowest BCUT2D eigenvalue weighted by Gasteiger charge is -2.09. The van der Waals surface area contributed by atoms with Gasteiger partial charge in [0.1, 0.15) is 4.47 Å². The van der Waals surface area contributed by atoms with Gasteiger partial charge in [-0.2, -0.15) is 5.10 Å². The number of nitrogens with one attached hydrogen (secondary N) is 1. The van der Waals surface area contributed by atoms with Gasteiger partial charge < -0.3 is 10.1 Å². The minimum Gasteiger partial charge on any atom is -0.383 e. The molecule has 0 aromatic carbocycles. The van der Waals surface area contributed by atoms with Crippen LogP contribution in [0.2, 0.25) is 4.34 Å². The topological polar surface area (TPSA) is 56.1 Å². The second-order valence-electron chi connectivity index (χ2n) is 4.28. The Bertz CT molecular complexity index is 659. The Morgan fingerprint density at radius 3 is 3.00 bits per heavy atom. The summed E-state index contributed by atoms with van der Waals surface area (Å²) < 4.78 is 7.59. The van der Waals surface area contributed by atoms with E-state index in [4.69, 9.17) is 16.3 Å². The van der Waals surface area contributed by atoms with Crippen molar-refractivity contribution in [3.8, 4) is 0 Å². The van der Waals surface area contributed by atoms with Gasteiger partial charge in [-0.3, -0.25) is 4.79 Å². The summed E-state index contributed by atoms with van der Waals surface area (Å²) in [7, 11) is 1.59. The molecule has 2 heterocycles. The summed E-state index contributed by atoms with van der Waals surface area (Å²) in [6.07, 6.45) is 2.49. The van der Waals surface area contributed by atoms with Crippen LogP contribution in [0.5, 0.6) is 0 Å². The maximum absolute atomic E-state index is 12.1. The highest BCUT2D eigenvalue weighted by Gasteiger charge is 2.08. The third kappa shape index (κ3) is 4.54. The van der Waals surface area contributed by atoms with Crippen LogP contribution in [-0.2, 0) is 17.7 Å². The van der Waals surface area contributed by atoms with E-state index in [2.05, 4.69) is 26.3 Å². The van der Waals surface area contributed by atoms with Crippen LogP contribution in [0.4, 0.5) is 5.69 Å². The monoisotopic (exact) mass is 391 g/mol. The van der Waals surface area contributed by atoms with Gasteiger partial charge in [0.05, 0.1) is 29.4 Å². The zero-order valence-corrected chi connectivity index (χ0v) is 14.6. The molecule has 5 nitrogen and oxygen atoms in total. The predicted octanol–water partition coefficient (Wildman–Crippen LogP) is 3.02. The molecule has 0 aliphatic heterocycles. The number of nitrogens with zero attached hydrogens (tertiary/aromatic N) is 2. The average molecular weight is 393 g/mol. The first-order valence-electron chi connectivity index (χ1n) is 6.34. The van der Waals surface area contributed by atoms with Gasteiger partial charge in [0.15, 0.2) is 0 Å². The predicted molar refractivity (Wildman–Crippen MR) is 89.6 cm³/mol. The molecule has 0 radical (unpaired) electrons. The zero-order chi connectivity index (χ0) is 15.2. The second-order valence-corrected chi connectivity index (χ2v) is 6.87. The molecule has 0 fully saturated rings. The molecule has 0 bridgehead atoms. The van der Waals surface area contributed by atoms with Gasteiger partial charge in [0, 0.05) is 18.5 Å². The lowest BCUT2D eigenvalue weighted by molar-refractivity contribution is 0.181. The summed E-state index contributed by atoms with van der Waals surface area (Å²) in [6, 6.07) is 3.89. The number of rotatable bonds is 7. The molecule has 2 aromatic rings. The molecule has 114 valence electrons. The third-order valence-corrected chi connectivity index (χ3v) is 4.87. The van der Waals surface area contributed by atoms with Crippen LogP contribution < -0.4 is 10.9 Å². The van der Waals surface area contributed by atoms with Crippen LogP contribution in [-0.4, -0.2) is 30.0 Å². The molecule has 0 aliphatic carbocycles. The summed E-state index contributed by atoms with van der Waals surface area (Å²) in [4.78, 5) is 13.3. The van der Waals surface area contributed by atoms with E-state index in [-0.39, 0.29) is 5.56 Å². The molecular formula is C13H15BrClN3O2S. The van der Waals surface area contributed by atoms with Gasteiger partial charge in [0.2, 0.25) is 0 Å². The minimum absolute atomic E-state index is 0.170. The van der Waals surface area contributed by atoms with E-state index in [1.807, 2.05) is 12.1 Å². The number of halogens is 2. The van der Waals surface area contributed by atoms with E-state index < -0.39 is 0 Å². The van der Waals surface area contributed by atoms with E-state index in [9.17, 15) is 4.79 Å². The Morgan fingerprint density at radius 1 is 1.52 bits per heavy atom. The lowest BCUT2D eigenvalue weighted by atomic mass is 10.3. The van der Waals surface area contributed by atoms with Gasteiger partial charge in [-0.1, -0.05) is 11.6 Å². The van der Waals surface area contributed by atoms with E-state index in [0.717, 1.165) is 10.8 Å². The van der Waals surface area contributed by atoms with Crippen molar-refractivity contribution < 1.29 is 4.74 Å². The molecule has 0 saturated heterocycles. The van der Waals surface area contributed by atoms with Gasteiger partial charge >= 0.3 is 0 Å². The first-order valence-corrected chi connectivity index (χ1v) is 8.33. The smallest absolute Gasteiger partial charge is 0.283 e. The fourth-order valence-corrected chi connectivity index (χ4v) is 3.27. The molecule has 0 amide bonds. The first-order chi connectivity index (χ1) is 10.1. The normalized spacial score (nSPS) is 10.8. The van der Waals surface area contributed by atoms with E-state index in [1.54, 1.807) is 24.6 Å². The largest absolute Gasteiger partial charge is 0.383 e. The van der Waals surface area contributed by atoms with Crippen LogP contribution in [0.1, 0.15) is 4.88 Å². The highest BCUT2D eigenvalue weighted by molar-refractivity contribution is 9.10. The molecule has 0 unspecified atom stereocenters. The van der Waals surface area contributed by atoms with Crippen LogP contribution in [0.15, 0.2) is 27.6 Å². The number of aromatic nitrogens is 2. The maximum Gasteiger partial charge on any atom is 0.283 e. The first kappa shape index (κ1) is 16.5. The van der Waals surface area contributed by atoms with Crippen molar-refractivity contribution in [3.63, 3.8) is 0 Å². The van der Waals surface area contributed by atoms with Crippen LogP contribution in [0.25, 0.3) is 0 Å². The maximum atomic E-state index is 12.1. The SMILES string of the molecule is COCCn1ncc(NCCc2ccc(Cl)s2)c(Br)c1=O. The Hall–Kier alpha value is -0.890. The van der Waals surface area contributed by atoms with Crippen molar-refractivity contribution in [1.29, 1.82) is 0 Å². The van der Waals surface area contributed by atoms with Crippen molar-refractivity contribution in [2.24, 2.45) is 0 Å². The molecule has 2 aromatic heterocycles. The molecule has 21 heavy (non-hydrogen) atoms. The number of ether oxygens (including phenoxy) is 1. The summed E-state index contributed by atoms with van der Waals surface area (Å²) in [5, 5.41) is 7.32. The lowest BCUT2D eigenvalue weighted by Crippen LogP contribution is -2.26. The Morgan fingerprint density at radius 2 is 2.33 bits per heavy atom. The fraction of sp³-hybridized carbons (Fsp3) is 0.385. The molecule has 0 saturated carbocycles. The summed E-state index contributed by atoms with van der Waals surface area (Å²) in [5.74, 6) is 0. The number of hydrogen-bond acceptors (Lipinski definition) is 5. The third-order valence-electron chi connectivity index (χ3n) is 2.81. The second kappa shape index (κ2) is 7.93. The molecule has 0 spiro atoms. The molecule has 8 heteroatoms. The number of thiophene rings is 1. The average Bonchev–Trinajstić information content (AvgIpc) is 2.88. The Kier molecular flexibility index (Phi) is 6.22. The van der Waals surface area contributed by atoms with Crippen molar-refractivity contribution in [3.05, 3.63) is 42.4 Å². The van der Waals surface area contributed by atoms with Gasteiger partial charge in [-0.15, -0.1) is 11.3 Å². The number of methoxy groups -OCH3 is 1. The highest BCUT2D eigenvalue weighted by Crippen LogP contribution is 2.22. The van der Waals surface area contributed by atoms with Gasteiger partial charge in [-0.25, -0.2) is 4.68 Å². The van der Waals surface area contributed by atoms with Crippen molar-refractivity contribution in [2.45, 2.75) is 13.0 Å². The van der Waals surface area contributed by atoms with Gasteiger partial charge in [0.25, 0.3) is 5.56 Å². The summed E-state index contributed by atoms with van der Waals surface area (Å²) in [5.41, 5.74) is 0.521. The van der Waals surface area contributed by atoms with Crippen LogP contribution in [0, 0.1) is 0 Å². The molecule has 2 rings (SSSR count). The number of hydrogen-bond donors (Lipinski definition) is 1. The van der Waals surface area contributed by atoms with Crippen LogP contribution in [0.3, 0.4) is 0 Å². The van der Waals surface area contributed by atoms with Crippen molar-refractivity contribution >= 4 is 44.6 Å². The number of anilines is 1. The molecular weight excluding hydrogens is 378 g/mol. The zero-order valence-electron chi connectivity index (χ0n) is 11.4. The van der Waals surface area contributed by atoms with Crippen molar-refractivity contribution in [1.82, 2.24) is 9.78 Å². The fourth-order valence-electron chi connectivity index (χ4n) is 1.73. The standard InChI is InChI=1S/C13H15BrClN3O2S/c1-20-7-6-18-13(19)12(14)10(8-17-18)16-5-4-9-2-3-11(15)21-9/h2-3,8,16H,4-7H2,1H3. The highest BCUT2D eigenvalue weighted by atomic mass is 79.9. The van der Waals surface area contributed by atoms with Gasteiger partial charge in [-0.05, 0) is 34.5 Å². The molecule has 0 aliphatic rings. The van der Waals surface area contributed by atoms with E-state index in [0.29, 0.717) is 29.9 Å². The summed E-state index contributed by atoms with van der Waals surface area (Å²) >= 11 is 10.8. The van der Waals surface area contributed by atoms with E-state index >= 15 is 0 Å². The molecule has 1 N–H and O–H groups in total. The van der Waals surface area contributed by atoms with Crippen molar-refractivity contribution in [2.75, 3.05) is 25.6 Å². The van der Waals surface area contributed by atoms with E-state index in [1.165, 1.54) is 9.56 Å². The Balaban J connectivity index is 1.97. The minimum atomic E-state index is -0.170. The Labute approximate surface area is 140 Å². The molecule has 0 atom stereocenters.